The highest BCUT2D eigenvalue weighted by Gasteiger charge is 2.12. The smallest absolute Gasteiger partial charge is 0.305 e. The first-order chi connectivity index (χ1) is 23.8. The molecule has 1 N–H and O–H groups in total. The molecular weight excluding hydrogens is 612 g/mol. The highest BCUT2D eigenvalue weighted by molar-refractivity contribution is 5.89. The van der Waals surface area contributed by atoms with E-state index in [1.807, 2.05) is 24.3 Å². The normalized spacial score (nSPS) is 12.7. The maximum Gasteiger partial charge on any atom is 0.305 e. The lowest BCUT2D eigenvalue weighted by atomic mass is 10.0. The van der Waals surface area contributed by atoms with Crippen LogP contribution < -0.4 is 0 Å². The third-order valence-electron chi connectivity index (χ3n) is 8.47. The minimum absolute atomic E-state index is 0.147. The van der Waals surface area contributed by atoms with Gasteiger partial charge in [0.25, 0.3) is 0 Å². The molecule has 0 saturated carbocycles. The minimum atomic E-state index is -1.00. The van der Waals surface area contributed by atoms with Gasteiger partial charge in [-0.05, 0) is 50.5 Å². The zero-order chi connectivity index (χ0) is 36.0. The molecule has 49 heavy (non-hydrogen) atoms. The molecular formula is C43H74O6. The molecule has 0 aliphatic rings. The third-order valence-corrected chi connectivity index (χ3v) is 8.47. The number of carbonyl (C=O) groups excluding carboxylic acids is 3. The van der Waals surface area contributed by atoms with Gasteiger partial charge < -0.3 is 14.6 Å². The van der Waals surface area contributed by atoms with E-state index in [0.29, 0.717) is 19.3 Å². The maximum absolute atomic E-state index is 12.0. The van der Waals surface area contributed by atoms with Crippen LogP contribution >= 0.6 is 0 Å². The van der Waals surface area contributed by atoms with Crippen molar-refractivity contribution in [2.24, 2.45) is 5.92 Å². The first-order valence-electron chi connectivity index (χ1n) is 20.0. The van der Waals surface area contributed by atoms with Crippen molar-refractivity contribution in [2.45, 2.75) is 187 Å². The molecule has 0 spiro atoms. The minimum Gasteiger partial charge on any atom is -0.463 e. The lowest BCUT2D eigenvalue weighted by molar-refractivity contribution is -0.152. The molecule has 0 amide bonds. The molecule has 6 heteroatoms. The van der Waals surface area contributed by atoms with E-state index >= 15 is 0 Å². The molecule has 0 bridgehead atoms. The summed E-state index contributed by atoms with van der Waals surface area (Å²) in [5.41, 5.74) is 0. The largest absolute Gasteiger partial charge is 0.463 e. The number of hydrogen-bond donors (Lipinski definition) is 1. The van der Waals surface area contributed by atoms with Crippen LogP contribution in [0.4, 0.5) is 0 Å². The Kier molecular flexibility index (Phi) is 34.9. The summed E-state index contributed by atoms with van der Waals surface area (Å²) < 4.78 is 10.3. The van der Waals surface area contributed by atoms with E-state index in [1.54, 1.807) is 6.08 Å². The van der Waals surface area contributed by atoms with E-state index in [-0.39, 0.29) is 37.4 Å². The van der Waals surface area contributed by atoms with Crippen molar-refractivity contribution in [1.82, 2.24) is 0 Å². The molecule has 282 valence electrons. The van der Waals surface area contributed by atoms with Crippen LogP contribution in [-0.2, 0) is 23.9 Å². The van der Waals surface area contributed by atoms with Crippen LogP contribution in [0.15, 0.2) is 48.6 Å². The fourth-order valence-electron chi connectivity index (χ4n) is 5.39. The summed E-state index contributed by atoms with van der Waals surface area (Å²) in [6.45, 7) is 6.44. The van der Waals surface area contributed by atoms with Crippen LogP contribution in [0, 0.1) is 5.92 Å². The molecule has 0 aliphatic carbocycles. The van der Waals surface area contributed by atoms with Crippen molar-refractivity contribution in [3.05, 3.63) is 48.6 Å². The molecule has 0 aromatic heterocycles. The zero-order valence-electron chi connectivity index (χ0n) is 31.9. The molecule has 0 aromatic rings. The molecule has 0 heterocycles. The van der Waals surface area contributed by atoms with Gasteiger partial charge in [0, 0.05) is 19.3 Å². The molecule has 1 atom stereocenters. The Morgan fingerprint density at radius 1 is 0.551 bits per heavy atom. The zero-order valence-corrected chi connectivity index (χ0v) is 31.9. The summed E-state index contributed by atoms with van der Waals surface area (Å²) in [6.07, 6.45) is 41.5. The second-order valence-corrected chi connectivity index (χ2v) is 13.9. The fourth-order valence-corrected chi connectivity index (χ4v) is 5.39. The Balaban J connectivity index is 3.57. The van der Waals surface area contributed by atoms with Gasteiger partial charge in [-0.3, -0.25) is 14.4 Å². The number of aliphatic hydroxyl groups excluding tert-OH is 1. The molecule has 6 nitrogen and oxygen atoms in total. The predicted octanol–water partition coefficient (Wildman–Crippen LogP) is 11.7. The Morgan fingerprint density at radius 2 is 1.02 bits per heavy atom. The molecule has 0 unspecified atom stereocenters. The van der Waals surface area contributed by atoms with Gasteiger partial charge in [-0.15, -0.1) is 0 Å². The number of ketones is 1. The first kappa shape index (κ1) is 46.5. The second-order valence-electron chi connectivity index (χ2n) is 13.9. The number of unbranched alkanes of at least 4 members (excludes halogenated alkanes) is 16. The van der Waals surface area contributed by atoms with Crippen molar-refractivity contribution in [3.63, 3.8) is 0 Å². The summed E-state index contributed by atoms with van der Waals surface area (Å²) in [7, 11) is 0. The van der Waals surface area contributed by atoms with Gasteiger partial charge in [-0.1, -0.05) is 166 Å². The lowest BCUT2D eigenvalue weighted by Gasteiger charge is -2.12. The number of rotatable bonds is 35. The first-order valence-corrected chi connectivity index (χ1v) is 20.0. The summed E-state index contributed by atoms with van der Waals surface area (Å²) in [5.74, 6) is 0.372. The Labute approximate surface area is 301 Å². The molecule has 0 radical (unpaired) electrons. The van der Waals surface area contributed by atoms with Gasteiger partial charge >= 0.3 is 11.9 Å². The third kappa shape index (κ3) is 38.2. The number of carbonyl (C=O) groups is 3. The highest BCUT2D eigenvalue weighted by Crippen LogP contribution is 2.15. The van der Waals surface area contributed by atoms with Crippen LogP contribution in [0.2, 0.25) is 0 Å². The van der Waals surface area contributed by atoms with Crippen molar-refractivity contribution in [3.8, 4) is 0 Å². The summed E-state index contributed by atoms with van der Waals surface area (Å²) in [5, 5.41) is 10.0. The monoisotopic (exact) mass is 687 g/mol. The summed E-state index contributed by atoms with van der Waals surface area (Å²) in [4.78, 5) is 35.6. The fraction of sp³-hybridized carbons (Fsp3) is 0.744. The number of esters is 2. The molecule has 0 rings (SSSR count). The van der Waals surface area contributed by atoms with E-state index < -0.39 is 6.10 Å². The van der Waals surface area contributed by atoms with Gasteiger partial charge in [-0.25, -0.2) is 0 Å². The van der Waals surface area contributed by atoms with E-state index in [0.717, 1.165) is 63.7 Å². The molecule has 0 aliphatic heterocycles. The molecule has 0 saturated heterocycles. The summed E-state index contributed by atoms with van der Waals surface area (Å²) in [6, 6.07) is 0. The van der Waals surface area contributed by atoms with E-state index in [1.165, 1.54) is 77.0 Å². The van der Waals surface area contributed by atoms with E-state index in [9.17, 15) is 19.5 Å². The van der Waals surface area contributed by atoms with Crippen LogP contribution in [0.5, 0.6) is 0 Å². The van der Waals surface area contributed by atoms with Crippen molar-refractivity contribution >= 4 is 17.7 Å². The van der Waals surface area contributed by atoms with Gasteiger partial charge in [0.15, 0.2) is 5.78 Å². The van der Waals surface area contributed by atoms with Crippen molar-refractivity contribution in [1.29, 1.82) is 0 Å². The highest BCUT2D eigenvalue weighted by atomic mass is 16.6. The Morgan fingerprint density at radius 3 is 1.57 bits per heavy atom. The van der Waals surface area contributed by atoms with Gasteiger partial charge in [0.2, 0.25) is 0 Å². The number of hydrogen-bond acceptors (Lipinski definition) is 6. The summed E-state index contributed by atoms with van der Waals surface area (Å²) >= 11 is 0. The number of aliphatic hydroxyl groups is 1. The lowest BCUT2D eigenvalue weighted by Crippen LogP contribution is -2.25. The van der Waals surface area contributed by atoms with Crippen LogP contribution in [-0.4, -0.2) is 42.1 Å². The van der Waals surface area contributed by atoms with E-state index in [2.05, 4.69) is 39.0 Å². The van der Waals surface area contributed by atoms with Crippen LogP contribution in [0.3, 0.4) is 0 Å². The Bertz CT molecular complexity index is 900. The predicted molar refractivity (Wildman–Crippen MR) is 205 cm³/mol. The second kappa shape index (κ2) is 36.8. The van der Waals surface area contributed by atoms with Crippen molar-refractivity contribution < 1.29 is 29.0 Å². The topological polar surface area (TPSA) is 89.9 Å². The average molecular weight is 687 g/mol. The number of allylic oxidation sites excluding steroid dienone is 8. The van der Waals surface area contributed by atoms with Crippen LogP contribution in [0.1, 0.15) is 181 Å². The van der Waals surface area contributed by atoms with Gasteiger partial charge in [0.1, 0.15) is 19.3 Å². The standard InChI is InChI=1S/C43H74O6/c1-4-5-27-33-40(44)34-29-24-20-16-12-10-14-18-22-26-31-36-43(47)49-38-41(45)37-48-42(46)35-30-25-21-17-13-9-7-6-8-11-15-19-23-28-32-39(2)3/h10,12,18,20,22,24,29,34,39,41,45H,4-9,11,13-17,19,21,23,25-28,30-33,35-38H2,1-3H3/b12-10-,22-18-,24-20-,34-29+/t41-/m1/s1. The quantitative estimate of drug-likeness (QED) is 0.0235. The Hall–Kier alpha value is -2.47. The van der Waals surface area contributed by atoms with Gasteiger partial charge in [-0.2, -0.15) is 0 Å². The molecule has 0 aromatic carbocycles. The van der Waals surface area contributed by atoms with Gasteiger partial charge in [0.05, 0.1) is 0 Å². The van der Waals surface area contributed by atoms with E-state index in [4.69, 9.17) is 9.47 Å². The average Bonchev–Trinajstić information content (AvgIpc) is 3.08. The SMILES string of the molecule is CCCCCC(=O)/C=C/C=C\C/C=C\C/C=C\CCCC(=O)OC[C@H](O)COC(=O)CCCCCCCCCCCCCCCCC(C)C. The van der Waals surface area contributed by atoms with Crippen LogP contribution in [0.25, 0.3) is 0 Å². The van der Waals surface area contributed by atoms with Crippen molar-refractivity contribution in [2.75, 3.05) is 13.2 Å². The maximum atomic E-state index is 12.0. The number of ether oxygens (including phenoxy) is 2. The molecule has 0 fully saturated rings.